The van der Waals surface area contributed by atoms with Crippen molar-refractivity contribution in [3.8, 4) is 0 Å². The van der Waals surface area contributed by atoms with Crippen LogP contribution >= 0.6 is 0 Å². The van der Waals surface area contributed by atoms with Crippen molar-refractivity contribution in [2.45, 2.75) is 109 Å². The van der Waals surface area contributed by atoms with Crippen LogP contribution in [0.15, 0.2) is 35.5 Å². The molecule has 3 aliphatic carbocycles. The second-order valence-corrected chi connectivity index (χ2v) is 11.5. The van der Waals surface area contributed by atoms with E-state index in [1.54, 1.807) is 0 Å². The molecule has 0 aromatic carbocycles. The Labute approximate surface area is 192 Å². The van der Waals surface area contributed by atoms with Crippen LogP contribution in [0, 0.1) is 23.2 Å². The largest absolute Gasteiger partial charge is 0.390 e. The van der Waals surface area contributed by atoms with E-state index in [2.05, 4.69) is 26.5 Å². The molecule has 3 N–H and O–H groups in total. The number of aliphatic hydroxyl groups is 3. The van der Waals surface area contributed by atoms with E-state index in [4.69, 9.17) is 0 Å². The first-order chi connectivity index (χ1) is 14.8. The van der Waals surface area contributed by atoms with Crippen molar-refractivity contribution >= 4 is 0 Å². The fourth-order valence-electron chi connectivity index (χ4n) is 6.72. The maximum Gasteiger partial charge on any atom is 0.303 e. The number of halogens is 2. The van der Waals surface area contributed by atoms with Crippen LogP contribution in [0.5, 0.6) is 0 Å². The van der Waals surface area contributed by atoms with Gasteiger partial charge in [0.1, 0.15) is 12.2 Å². The average molecular weight is 453 g/mol. The molecule has 0 aliphatic heterocycles. The van der Waals surface area contributed by atoms with Crippen molar-refractivity contribution in [1.29, 1.82) is 0 Å². The first kappa shape index (κ1) is 25.6. The zero-order valence-corrected chi connectivity index (χ0v) is 20.2. The number of aliphatic hydroxyl groups excluding tert-OH is 2. The van der Waals surface area contributed by atoms with Crippen molar-refractivity contribution in [1.82, 2.24) is 0 Å². The average Bonchev–Trinajstić information content (AvgIpc) is 3.05. The zero-order chi connectivity index (χ0) is 23.9. The Kier molecular flexibility index (Phi) is 7.44. The van der Waals surface area contributed by atoms with Crippen LogP contribution in [-0.4, -0.2) is 39.1 Å². The summed E-state index contributed by atoms with van der Waals surface area (Å²) in [6.07, 6.45) is 8.46. The molecule has 3 fully saturated rings. The van der Waals surface area contributed by atoms with Gasteiger partial charge in [0.2, 0.25) is 0 Å². The molecular weight excluding hydrogens is 410 g/mol. The Morgan fingerprint density at radius 2 is 1.91 bits per heavy atom. The van der Waals surface area contributed by atoms with Crippen molar-refractivity contribution in [3.05, 3.63) is 35.5 Å². The molecule has 0 unspecified atom stereocenters. The number of alkyl halides is 2. The fraction of sp³-hybridized carbons (Fsp3) is 0.778. The second kappa shape index (κ2) is 9.31. The van der Waals surface area contributed by atoms with E-state index in [1.807, 2.05) is 19.9 Å². The van der Waals surface area contributed by atoms with E-state index >= 15 is 0 Å². The minimum Gasteiger partial charge on any atom is -0.390 e. The molecule has 0 radical (unpaired) electrons. The summed E-state index contributed by atoms with van der Waals surface area (Å²) in [5.74, 6) is -1.80. The van der Waals surface area contributed by atoms with Crippen LogP contribution in [0.1, 0.15) is 85.5 Å². The number of rotatable bonds is 6. The molecule has 32 heavy (non-hydrogen) atoms. The standard InChI is InChI=1S/C27H42F2O3/c1-17(8-6-14-25(3,4)32)21-12-13-22-19(9-7-15-26(21,22)5)10-11-20-16-23(30)27(28,29)24(31)18(20)2/h10-11,17,21-24,30-32H,2,6-9,12-16H2,1,3-5H3/b19-10+,20-11-/t17-,21-,22+,23-,24-,26-/m1/s1. The van der Waals surface area contributed by atoms with Crippen LogP contribution < -0.4 is 0 Å². The summed E-state index contributed by atoms with van der Waals surface area (Å²) in [4.78, 5) is 0. The molecule has 0 saturated heterocycles. The molecule has 0 aromatic rings. The first-order valence-corrected chi connectivity index (χ1v) is 12.3. The van der Waals surface area contributed by atoms with Gasteiger partial charge in [-0.15, -0.1) is 0 Å². The lowest BCUT2D eigenvalue weighted by Gasteiger charge is -2.44. The van der Waals surface area contributed by atoms with Crippen molar-refractivity contribution in [2.24, 2.45) is 23.2 Å². The topological polar surface area (TPSA) is 60.7 Å². The summed E-state index contributed by atoms with van der Waals surface area (Å²) in [6.45, 7) is 12.2. The summed E-state index contributed by atoms with van der Waals surface area (Å²) < 4.78 is 27.8. The van der Waals surface area contributed by atoms with Gasteiger partial charge in [-0.05, 0) is 86.7 Å². The highest BCUT2D eigenvalue weighted by Gasteiger charge is 2.52. The van der Waals surface area contributed by atoms with E-state index in [0.29, 0.717) is 23.3 Å². The van der Waals surface area contributed by atoms with Crippen LogP contribution in [0.2, 0.25) is 0 Å². The Morgan fingerprint density at radius 3 is 2.56 bits per heavy atom. The van der Waals surface area contributed by atoms with Crippen LogP contribution in [0.25, 0.3) is 0 Å². The smallest absolute Gasteiger partial charge is 0.303 e. The minimum atomic E-state index is -3.55. The zero-order valence-electron chi connectivity index (χ0n) is 20.2. The SMILES string of the molecule is C=C1/C(=C\C=C2/CCC[C@]3(C)[C@@H]([C@H](C)CCCC(C)(C)O)CC[C@@H]23)C[C@@H](O)C(F)(F)[C@@H]1O. The summed E-state index contributed by atoms with van der Waals surface area (Å²) in [7, 11) is 0. The van der Waals surface area contributed by atoms with E-state index < -0.39 is 23.7 Å². The molecule has 3 rings (SSSR count). The first-order valence-electron chi connectivity index (χ1n) is 12.3. The van der Waals surface area contributed by atoms with Gasteiger partial charge in [-0.2, -0.15) is 0 Å². The molecule has 3 aliphatic rings. The lowest BCUT2D eigenvalue weighted by molar-refractivity contribution is -0.170. The lowest BCUT2D eigenvalue weighted by atomic mass is 9.60. The van der Waals surface area contributed by atoms with Gasteiger partial charge in [-0.3, -0.25) is 0 Å². The van der Waals surface area contributed by atoms with E-state index in [-0.39, 0.29) is 17.4 Å². The summed E-state index contributed by atoms with van der Waals surface area (Å²) in [6, 6.07) is 0. The van der Waals surface area contributed by atoms with Gasteiger partial charge in [0.15, 0.2) is 0 Å². The highest BCUT2D eigenvalue weighted by Crippen LogP contribution is 2.60. The molecule has 0 amide bonds. The number of hydrogen-bond donors (Lipinski definition) is 3. The monoisotopic (exact) mass is 452 g/mol. The van der Waals surface area contributed by atoms with Gasteiger partial charge in [0, 0.05) is 6.42 Å². The van der Waals surface area contributed by atoms with Crippen molar-refractivity contribution in [2.75, 3.05) is 0 Å². The Bertz CT molecular complexity index is 763. The number of fused-ring (bicyclic) bond motifs is 1. The van der Waals surface area contributed by atoms with Gasteiger partial charge in [0.05, 0.1) is 5.60 Å². The Balaban J connectivity index is 1.72. The Morgan fingerprint density at radius 1 is 1.22 bits per heavy atom. The molecule has 3 nitrogen and oxygen atoms in total. The summed E-state index contributed by atoms with van der Waals surface area (Å²) >= 11 is 0. The summed E-state index contributed by atoms with van der Waals surface area (Å²) in [5, 5.41) is 29.7. The van der Waals surface area contributed by atoms with Crippen molar-refractivity contribution in [3.63, 3.8) is 0 Å². The molecule has 0 spiro atoms. The van der Waals surface area contributed by atoms with Gasteiger partial charge >= 0.3 is 5.92 Å². The second-order valence-electron chi connectivity index (χ2n) is 11.5. The molecular formula is C27H42F2O3. The number of hydrogen-bond acceptors (Lipinski definition) is 3. The highest BCUT2D eigenvalue weighted by atomic mass is 19.3. The highest BCUT2D eigenvalue weighted by molar-refractivity contribution is 5.41. The fourth-order valence-corrected chi connectivity index (χ4v) is 6.72. The third-order valence-corrected chi connectivity index (χ3v) is 8.64. The maximum absolute atomic E-state index is 13.9. The molecule has 6 atom stereocenters. The molecule has 0 aromatic heterocycles. The number of allylic oxidation sites excluding steroid dienone is 3. The van der Waals surface area contributed by atoms with E-state index in [1.165, 1.54) is 18.4 Å². The molecule has 5 heteroatoms. The third kappa shape index (κ3) is 5.05. The maximum atomic E-state index is 13.9. The van der Waals surface area contributed by atoms with Crippen molar-refractivity contribution < 1.29 is 24.1 Å². The summed E-state index contributed by atoms with van der Waals surface area (Å²) in [5.41, 5.74) is 1.54. The molecule has 182 valence electrons. The molecule has 3 saturated carbocycles. The lowest BCUT2D eigenvalue weighted by Crippen LogP contribution is -2.49. The quantitative estimate of drug-likeness (QED) is 0.467. The Hall–Kier alpha value is -1.04. The molecule has 0 heterocycles. The van der Waals surface area contributed by atoms with Gasteiger partial charge < -0.3 is 15.3 Å². The molecule has 0 bridgehead atoms. The van der Waals surface area contributed by atoms with E-state index in [0.717, 1.165) is 38.5 Å². The van der Waals surface area contributed by atoms with Crippen LogP contribution in [0.3, 0.4) is 0 Å². The van der Waals surface area contributed by atoms with Gasteiger partial charge in [0.25, 0.3) is 0 Å². The normalized spacial score (nSPS) is 38.8. The van der Waals surface area contributed by atoms with Crippen LogP contribution in [-0.2, 0) is 0 Å². The van der Waals surface area contributed by atoms with E-state index in [9.17, 15) is 24.1 Å². The predicted molar refractivity (Wildman–Crippen MR) is 124 cm³/mol. The minimum absolute atomic E-state index is 0.0143. The van der Waals surface area contributed by atoms with Crippen LogP contribution in [0.4, 0.5) is 8.78 Å². The third-order valence-electron chi connectivity index (χ3n) is 8.64. The van der Waals surface area contributed by atoms with Gasteiger partial charge in [-0.1, -0.05) is 51.0 Å². The predicted octanol–water partition coefficient (Wildman–Crippen LogP) is 5.95. The van der Waals surface area contributed by atoms with Gasteiger partial charge in [-0.25, -0.2) is 8.78 Å².